The number of carboxylic acids is 1. The highest BCUT2D eigenvalue weighted by Gasteiger charge is 2.34. The van der Waals surface area contributed by atoms with Crippen molar-refractivity contribution in [3.63, 3.8) is 0 Å². The summed E-state index contributed by atoms with van der Waals surface area (Å²) in [5.41, 5.74) is 0. The zero-order valence-electron chi connectivity index (χ0n) is 14.4. The first kappa shape index (κ1) is 19.5. The first-order valence-electron chi connectivity index (χ1n) is 9.56. The van der Waals surface area contributed by atoms with Gasteiger partial charge in [-0.05, 0) is 24.7 Å². The van der Waals surface area contributed by atoms with Crippen LogP contribution in [0.15, 0.2) is 0 Å². The number of rotatable bonds is 15. The van der Waals surface area contributed by atoms with Gasteiger partial charge in [0.1, 0.15) is 0 Å². The van der Waals surface area contributed by atoms with Crippen LogP contribution >= 0.6 is 0 Å². The van der Waals surface area contributed by atoms with Crippen molar-refractivity contribution in [3.8, 4) is 0 Å². The molecule has 0 radical (unpaired) electrons. The monoisotopic (exact) mass is 312 g/mol. The van der Waals surface area contributed by atoms with Crippen molar-refractivity contribution in [2.24, 2.45) is 11.8 Å². The van der Waals surface area contributed by atoms with Gasteiger partial charge in [0.05, 0.1) is 0 Å². The van der Waals surface area contributed by atoms with E-state index in [-0.39, 0.29) is 0 Å². The van der Waals surface area contributed by atoms with Gasteiger partial charge in [-0.3, -0.25) is 0 Å². The molecule has 0 unspecified atom stereocenters. The molecule has 3 atom stereocenters. The topological polar surface area (TPSA) is 57.5 Å². The van der Waals surface area contributed by atoms with Gasteiger partial charge in [-0.25, -0.2) is 4.79 Å². The molecule has 0 spiro atoms. The molecule has 3 nitrogen and oxygen atoms in total. The zero-order chi connectivity index (χ0) is 16.2. The summed E-state index contributed by atoms with van der Waals surface area (Å²) in [7, 11) is 0. The Morgan fingerprint density at radius 1 is 0.909 bits per heavy atom. The number of carboxylic acid groups (broad SMARTS) is 1. The molecule has 0 aromatic rings. The Morgan fingerprint density at radius 3 is 1.95 bits per heavy atom. The van der Waals surface area contributed by atoms with E-state index in [4.69, 9.17) is 10.2 Å². The molecule has 1 aliphatic carbocycles. The summed E-state index contributed by atoms with van der Waals surface area (Å²) >= 11 is 0. The summed E-state index contributed by atoms with van der Waals surface area (Å²) in [4.78, 5) is 10.4. The van der Waals surface area contributed by atoms with Gasteiger partial charge < -0.3 is 10.2 Å². The fourth-order valence-corrected chi connectivity index (χ4v) is 3.43. The molecule has 0 aromatic heterocycles. The van der Waals surface area contributed by atoms with Gasteiger partial charge in [0, 0.05) is 0 Å². The highest BCUT2D eigenvalue weighted by Crippen LogP contribution is 2.45. The number of aliphatic carboxylic acids is 1. The average Bonchev–Trinajstić information content (AvgIpc) is 3.24. The molecule has 1 rings (SSSR count). The molecule has 0 saturated heterocycles. The van der Waals surface area contributed by atoms with E-state index >= 15 is 0 Å². The molecule has 3 heteroatoms. The van der Waals surface area contributed by atoms with E-state index in [9.17, 15) is 4.79 Å². The van der Waals surface area contributed by atoms with E-state index in [1.54, 1.807) is 0 Å². The first-order chi connectivity index (χ1) is 10.6. The fraction of sp³-hybridized carbons (Fsp3) is 0.947. The van der Waals surface area contributed by atoms with E-state index in [1.165, 1.54) is 70.6 Å². The van der Waals surface area contributed by atoms with Gasteiger partial charge in [-0.1, -0.05) is 84.0 Å². The van der Waals surface area contributed by atoms with Crippen molar-refractivity contribution in [1.29, 1.82) is 0 Å². The van der Waals surface area contributed by atoms with Crippen molar-refractivity contribution >= 4 is 5.97 Å². The molecule has 2 N–H and O–H groups in total. The highest BCUT2D eigenvalue weighted by molar-refractivity contribution is 5.71. The highest BCUT2D eigenvalue weighted by atomic mass is 16.4. The largest absolute Gasteiger partial charge is 0.479 e. The Morgan fingerprint density at radius 2 is 1.41 bits per heavy atom. The molecular formula is C19H36O3. The zero-order valence-corrected chi connectivity index (χ0v) is 14.4. The van der Waals surface area contributed by atoms with Gasteiger partial charge in [-0.15, -0.1) is 0 Å². The van der Waals surface area contributed by atoms with Gasteiger partial charge in [0.15, 0.2) is 6.10 Å². The number of aliphatic hydroxyl groups is 1. The fourth-order valence-electron chi connectivity index (χ4n) is 3.43. The standard InChI is InChI=1S/C19H36O3/c1-2-3-4-9-12-16-15-17(16)13-10-7-5-6-8-11-14-18(20)19(21)22/h16-18,20H,2-15H2,1H3,(H,21,22)/t16-,17+,18-/m1/s1. The SMILES string of the molecule is CCCCCC[C@@H]1C[C@@H]1CCCCCCCC[C@@H](O)C(=O)O. The molecule has 0 bridgehead atoms. The molecule has 0 aromatic carbocycles. The smallest absolute Gasteiger partial charge is 0.332 e. The molecule has 1 fully saturated rings. The molecule has 0 heterocycles. The first-order valence-corrected chi connectivity index (χ1v) is 9.56. The van der Waals surface area contributed by atoms with E-state index < -0.39 is 12.1 Å². The van der Waals surface area contributed by atoms with Crippen LogP contribution in [0.5, 0.6) is 0 Å². The molecule has 1 saturated carbocycles. The quantitative estimate of drug-likeness (QED) is 0.411. The van der Waals surface area contributed by atoms with Crippen molar-refractivity contribution in [1.82, 2.24) is 0 Å². The Kier molecular flexibility index (Phi) is 10.6. The van der Waals surface area contributed by atoms with Crippen molar-refractivity contribution in [3.05, 3.63) is 0 Å². The van der Waals surface area contributed by atoms with Gasteiger partial charge >= 0.3 is 5.97 Å². The second-order valence-corrected chi connectivity index (χ2v) is 7.16. The van der Waals surface area contributed by atoms with Gasteiger partial charge in [-0.2, -0.15) is 0 Å². The predicted octanol–water partition coefficient (Wildman–Crippen LogP) is 5.16. The Hall–Kier alpha value is -0.570. The second kappa shape index (κ2) is 11.9. The summed E-state index contributed by atoms with van der Waals surface area (Å²) in [6.45, 7) is 2.27. The van der Waals surface area contributed by atoms with Crippen molar-refractivity contribution < 1.29 is 15.0 Å². The summed E-state index contributed by atoms with van der Waals surface area (Å²) in [5, 5.41) is 17.7. The molecule has 0 aliphatic heterocycles. The summed E-state index contributed by atoms with van der Waals surface area (Å²) in [5.74, 6) is 0.996. The van der Waals surface area contributed by atoms with Crippen LogP contribution < -0.4 is 0 Å². The lowest BCUT2D eigenvalue weighted by molar-refractivity contribution is -0.146. The summed E-state index contributed by atoms with van der Waals surface area (Å²) in [6.07, 6.45) is 16.2. The van der Waals surface area contributed by atoms with Crippen LogP contribution in [0.3, 0.4) is 0 Å². The van der Waals surface area contributed by atoms with Crippen LogP contribution in [-0.4, -0.2) is 22.3 Å². The van der Waals surface area contributed by atoms with Crippen LogP contribution in [-0.2, 0) is 4.79 Å². The minimum Gasteiger partial charge on any atom is -0.479 e. The molecular weight excluding hydrogens is 276 g/mol. The lowest BCUT2D eigenvalue weighted by Crippen LogP contribution is -2.18. The number of unbranched alkanes of at least 4 members (excludes halogenated alkanes) is 8. The second-order valence-electron chi connectivity index (χ2n) is 7.16. The molecule has 0 amide bonds. The number of carbonyl (C=O) groups is 1. The Balaban J connectivity index is 1.78. The number of aliphatic hydroxyl groups excluding tert-OH is 1. The van der Waals surface area contributed by atoms with Gasteiger partial charge in [0.2, 0.25) is 0 Å². The van der Waals surface area contributed by atoms with E-state index in [0.29, 0.717) is 6.42 Å². The lowest BCUT2D eigenvalue weighted by Gasteiger charge is -2.05. The van der Waals surface area contributed by atoms with E-state index in [2.05, 4.69) is 6.92 Å². The normalized spacial score (nSPS) is 21.7. The minimum atomic E-state index is -1.16. The van der Waals surface area contributed by atoms with Crippen LogP contribution in [0.2, 0.25) is 0 Å². The van der Waals surface area contributed by atoms with Gasteiger partial charge in [0.25, 0.3) is 0 Å². The van der Waals surface area contributed by atoms with Crippen LogP contribution in [0.25, 0.3) is 0 Å². The average molecular weight is 312 g/mol. The van der Waals surface area contributed by atoms with Crippen LogP contribution in [0.1, 0.15) is 96.8 Å². The maximum atomic E-state index is 10.4. The number of hydrogen-bond donors (Lipinski definition) is 2. The van der Waals surface area contributed by atoms with E-state index in [1.807, 2.05) is 0 Å². The van der Waals surface area contributed by atoms with Crippen LogP contribution in [0.4, 0.5) is 0 Å². The van der Waals surface area contributed by atoms with Crippen LogP contribution in [0, 0.1) is 11.8 Å². The maximum Gasteiger partial charge on any atom is 0.332 e. The third-order valence-corrected chi connectivity index (χ3v) is 5.09. The van der Waals surface area contributed by atoms with Crippen molar-refractivity contribution in [2.45, 2.75) is 103 Å². The maximum absolute atomic E-state index is 10.4. The molecule has 22 heavy (non-hydrogen) atoms. The third kappa shape index (κ3) is 9.45. The predicted molar refractivity (Wildman–Crippen MR) is 90.9 cm³/mol. The summed E-state index contributed by atoms with van der Waals surface area (Å²) in [6, 6.07) is 0. The van der Waals surface area contributed by atoms with Crippen molar-refractivity contribution in [2.75, 3.05) is 0 Å². The molecule has 1 aliphatic rings. The van der Waals surface area contributed by atoms with E-state index in [0.717, 1.165) is 24.7 Å². The number of hydrogen-bond acceptors (Lipinski definition) is 2. The lowest BCUT2D eigenvalue weighted by atomic mass is 10.0. The third-order valence-electron chi connectivity index (χ3n) is 5.09. The Bertz CT molecular complexity index is 290. The minimum absolute atomic E-state index is 0.400. The summed E-state index contributed by atoms with van der Waals surface area (Å²) < 4.78 is 0. The Labute approximate surface area is 136 Å². The molecule has 130 valence electrons.